The van der Waals surface area contributed by atoms with Crippen LogP contribution < -0.4 is 46.9 Å². The molecule has 13 heteroatoms. The molecule has 8 bridgehead atoms. The van der Waals surface area contributed by atoms with Crippen LogP contribution >= 0.6 is 0 Å². The van der Waals surface area contributed by atoms with Gasteiger partial charge in [-0.15, -0.1) is 0 Å². The first-order valence-corrected chi connectivity index (χ1v) is 19.4. The number of aromatic nitrogens is 2. The normalized spacial score (nSPS) is 20.0. The van der Waals surface area contributed by atoms with Crippen molar-refractivity contribution in [3.8, 4) is 0 Å². The predicted molar refractivity (Wildman–Crippen MR) is 215 cm³/mol. The molecule has 308 valence electrons. The van der Waals surface area contributed by atoms with Gasteiger partial charge in [0, 0.05) is 72.3 Å². The van der Waals surface area contributed by atoms with Crippen molar-refractivity contribution in [2.75, 3.05) is 0 Å². The van der Waals surface area contributed by atoms with E-state index in [9.17, 15) is 39.9 Å². The number of aromatic carboxylic acids is 3. The molecule has 0 aliphatic carbocycles. The Morgan fingerprint density at radius 2 is 1.11 bits per heavy atom. The van der Waals surface area contributed by atoms with Gasteiger partial charge in [-0.2, -0.15) is 5.95 Å². The molecule has 6 aromatic rings. The summed E-state index contributed by atoms with van der Waals surface area (Å²) in [5, 5.41) is 62.7. The van der Waals surface area contributed by atoms with E-state index in [4.69, 9.17) is 4.99 Å². The molecule has 12 nitrogen and oxygen atoms in total. The second-order valence-electron chi connectivity index (χ2n) is 15.0. The molecule has 2 atom stereocenters. The first-order chi connectivity index (χ1) is 29.0. The molecule has 61 heavy (non-hydrogen) atoms. The number of carbonyl (C=O) groups excluding carboxylic acids is 2. The summed E-state index contributed by atoms with van der Waals surface area (Å²) in [7, 11) is 0. The fraction of sp³-hybridized carbons (Fsp3) is 0.125. The zero-order chi connectivity index (χ0) is 41.7. The van der Waals surface area contributed by atoms with Crippen LogP contribution in [-0.4, -0.2) is 50.8 Å². The number of nitrogens with zero attached hydrogens (tertiary/aromatic N) is 1. The van der Waals surface area contributed by atoms with Gasteiger partial charge in [-0.25, -0.2) is 4.79 Å². The molecule has 0 saturated carbocycles. The van der Waals surface area contributed by atoms with Gasteiger partial charge >= 0.3 is 5.97 Å². The van der Waals surface area contributed by atoms with Crippen LogP contribution in [0.5, 0.6) is 0 Å². The Bertz CT molecular complexity index is 3040. The molecular weight excluding hydrogens is 819 g/mol. The van der Waals surface area contributed by atoms with Crippen LogP contribution in [-0.2, 0) is 16.5 Å². The second kappa shape index (κ2) is 16.4. The SMILES string of the molecule is O=C([O-])c1ccc(/C2=C3\CCC(N3)/C(c3ccc(C(=O)[O-])cc3)=c3/cc/c([nH]3)=C(/c3ccc(C(=O)O)cc3)C3CCC(=N3)C(=c3ccc(=C([O-])[O-])cc3)c3ccc2[nH]3)cc1.[Ni]. The third kappa shape index (κ3) is 7.67. The number of allylic oxidation sites excluding steroid dienone is 1. The molecule has 0 amide bonds. The van der Waals surface area contributed by atoms with Crippen molar-refractivity contribution < 1.29 is 56.4 Å². The van der Waals surface area contributed by atoms with Crippen molar-refractivity contribution in [1.29, 1.82) is 0 Å². The summed E-state index contributed by atoms with van der Waals surface area (Å²) >= 11 is 0. The van der Waals surface area contributed by atoms with Gasteiger partial charge in [0.25, 0.3) is 0 Å². The molecule has 5 heterocycles. The smallest absolute Gasteiger partial charge is 0.335 e. The average Bonchev–Trinajstić information content (AvgIpc) is 4.10. The van der Waals surface area contributed by atoms with Gasteiger partial charge in [0.15, 0.2) is 0 Å². The second-order valence-corrected chi connectivity index (χ2v) is 15.0. The van der Waals surface area contributed by atoms with Crippen molar-refractivity contribution in [1.82, 2.24) is 15.3 Å². The van der Waals surface area contributed by atoms with Gasteiger partial charge in [-0.05, 0) is 100 Å². The minimum Gasteiger partial charge on any atom is -0.884 e. The predicted octanol–water partition coefficient (Wildman–Crippen LogP) is -0.0226. The summed E-state index contributed by atoms with van der Waals surface area (Å²) in [5.74, 6) is -4.90. The molecule has 3 aliphatic rings. The van der Waals surface area contributed by atoms with E-state index in [1.165, 1.54) is 36.4 Å². The molecule has 2 unspecified atom stereocenters. The monoisotopic (exact) mass is 852 g/mol. The van der Waals surface area contributed by atoms with E-state index in [1.54, 1.807) is 60.7 Å². The number of aliphatic imine (C=N–C) groups is 1. The van der Waals surface area contributed by atoms with Crippen molar-refractivity contribution in [3.05, 3.63) is 193 Å². The van der Waals surface area contributed by atoms with Crippen molar-refractivity contribution in [3.63, 3.8) is 0 Å². The fourth-order valence-electron chi connectivity index (χ4n) is 8.61. The molecule has 4 aromatic carbocycles. The van der Waals surface area contributed by atoms with Gasteiger partial charge < -0.3 is 50.4 Å². The summed E-state index contributed by atoms with van der Waals surface area (Å²) in [4.78, 5) is 48.0. The Kier molecular flexibility index (Phi) is 10.8. The quantitative estimate of drug-likeness (QED) is 0.165. The molecule has 1 saturated heterocycles. The summed E-state index contributed by atoms with van der Waals surface area (Å²) < 4.78 is 0. The van der Waals surface area contributed by atoms with Gasteiger partial charge in [0.2, 0.25) is 0 Å². The number of carbonyl (C=O) groups is 3. The Hall–Kier alpha value is -7.37. The Labute approximate surface area is 357 Å². The van der Waals surface area contributed by atoms with Crippen LogP contribution in [0, 0.1) is 0 Å². The molecule has 3 aliphatic heterocycles. The van der Waals surface area contributed by atoms with Crippen LogP contribution in [0.1, 0.15) is 84.8 Å². The van der Waals surface area contributed by atoms with Gasteiger partial charge in [0.1, 0.15) is 0 Å². The van der Waals surface area contributed by atoms with Crippen LogP contribution in [0.15, 0.2) is 132 Å². The first-order valence-electron chi connectivity index (χ1n) is 19.4. The Morgan fingerprint density at radius 3 is 1.69 bits per heavy atom. The summed E-state index contributed by atoms with van der Waals surface area (Å²) in [6.07, 6.45) is 2.43. The van der Waals surface area contributed by atoms with Crippen LogP contribution in [0.2, 0.25) is 0 Å². The first kappa shape index (κ1) is 40.4. The van der Waals surface area contributed by atoms with E-state index in [0.717, 1.165) is 77.7 Å². The Balaban J connectivity index is 0.00000514. The minimum atomic E-state index is -1.29. The van der Waals surface area contributed by atoms with Gasteiger partial charge in [-0.3, -0.25) is 4.99 Å². The van der Waals surface area contributed by atoms with E-state index >= 15 is 0 Å². The van der Waals surface area contributed by atoms with Crippen molar-refractivity contribution in [2.45, 2.75) is 37.8 Å². The number of aromatic amines is 2. The topological polar surface area (TPSA) is 220 Å². The van der Waals surface area contributed by atoms with E-state index < -0.39 is 23.9 Å². The number of carboxylic acid groups (broad SMARTS) is 3. The van der Waals surface area contributed by atoms with E-state index in [2.05, 4.69) is 15.3 Å². The largest absolute Gasteiger partial charge is 0.884 e. The maximum Gasteiger partial charge on any atom is 0.335 e. The number of nitrogens with one attached hydrogen (secondary N) is 3. The average molecular weight is 854 g/mol. The van der Waals surface area contributed by atoms with E-state index in [1.807, 2.05) is 24.3 Å². The number of rotatable bonds is 6. The number of fused-ring (bicyclic) bond motifs is 7. The zero-order valence-corrected chi connectivity index (χ0v) is 33.1. The standard InChI is InChI=1S/C48H38N4O8.Ni/c53-45(54)29-9-1-25(2-10-29)41-33-17-19-35(49-33)42(26-3-11-30(12-4-26)46(55)56)37-21-23-39(51-37)44(28-7-15-32(16-8-28)48(59)60)40-24-22-38(52-40)43(36-20-18-34(41)50-36)27-5-13-31(14-6-27)47(57)58;/h1-17,19,22,24,34,37,49-50,52,59-60H,18,20-21,23H2,(H,53,54)(H,55,56)(H,57,58);/p-4/b41-33-,42-35+,43-36-;. The fourth-order valence-corrected chi connectivity index (χ4v) is 8.61. The number of benzene rings is 4. The molecule has 1 fully saturated rings. The maximum absolute atomic E-state index is 11.8. The Morgan fingerprint density at radius 1 is 0.574 bits per heavy atom. The number of carboxylic acids is 3. The number of hydrogen-bond acceptors (Lipinski definition) is 9. The van der Waals surface area contributed by atoms with Crippen LogP contribution in [0.4, 0.5) is 0 Å². The molecule has 4 N–H and O–H groups in total. The summed E-state index contributed by atoms with van der Waals surface area (Å²) in [6, 6.07) is 33.5. The van der Waals surface area contributed by atoms with Crippen molar-refractivity contribution in [2.24, 2.45) is 4.99 Å². The van der Waals surface area contributed by atoms with Crippen LogP contribution in [0.3, 0.4) is 0 Å². The van der Waals surface area contributed by atoms with E-state index in [-0.39, 0.29) is 50.5 Å². The van der Waals surface area contributed by atoms with E-state index in [0.29, 0.717) is 25.7 Å². The molecule has 2 aromatic heterocycles. The molecule has 0 radical (unpaired) electrons. The zero-order valence-electron chi connectivity index (χ0n) is 32.1. The number of hydrogen-bond donors (Lipinski definition) is 4. The number of H-pyrrole nitrogens is 2. The molecular formula is C48H34N4NiO8-4. The molecule has 0 spiro atoms. The maximum atomic E-state index is 11.8. The van der Waals surface area contributed by atoms with Gasteiger partial charge in [0.05, 0.1) is 29.6 Å². The van der Waals surface area contributed by atoms with Gasteiger partial charge in [-0.1, -0.05) is 84.9 Å². The molecule has 9 rings (SSSR count). The van der Waals surface area contributed by atoms with Crippen molar-refractivity contribution >= 4 is 51.9 Å². The summed E-state index contributed by atoms with van der Waals surface area (Å²) in [5.41, 5.74) is 9.03. The van der Waals surface area contributed by atoms with Crippen LogP contribution in [0.25, 0.3) is 28.2 Å². The third-order valence-corrected chi connectivity index (χ3v) is 11.5. The minimum absolute atomic E-state index is 0. The summed E-state index contributed by atoms with van der Waals surface area (Å²) in [6.45, 7) is 0. The third-order valence-electron chi connectivity index (χ3n) is 11.5.